The number of hydrogen-bond acceptors (Lipinski definition) is 4. The number of ether oxygens (including phenoxy) is 1. The zero-order chi connectivity index (χ0) is 15.4. The molecule has 3 amide bonds. The number of primary amides is 1. The number of carbonyl (C=O) groups excluding carboxylic acids is 2. The van der Waals surface area contributed by atoms with Crippen LogP contribution in [0.5, 0.6) is 0 Å². The van der Waals surface area contributed by atoms with Gasteiger partial charge in [-0.25, -0.2) is 9.59 Å². The molecule has 118 valence electrons. The zero-order valence-electron chi connectivity index (χ0n) is 11.8. The molecule has 2 saturated heterocycles. The van der Waals surface area contributed by atoms with E-state index in [-0.39, 0.29) is 17.9 Å². The first kappa shape index (κ1) is 15.6. The van der Waals surface area contributed by atoms with Gasteiger partial charge in [0.25, 0.3) is 0 Å². The number of piperidine rings is 1. The van der Waals surface area contributed by atoms with Crippen molar-refractivity contribution in [1.82, 2.24) is 10.2 Å². The minimum Gasteiger partial charge on any atom is -0.479 e. The van der Waals surface area contributed by atoms with Crippen LogP contribution in [0, 0.1) is 5.92 Å². The van der Waals surface area contributed by atoms with Crippen molar-refractivity contribution in [1.29, 1.82) is 0 Å². The van der Waals surface area contributed by atoms with Gasteiger partial charge >= 0.3 is 12.0 Å². The monoisotopic (exact) mass is 299 g/mol. The number of urea groups is 1. The second-order valence-electron chi connectivity index (χ2n) is 5.53. The first-order chi connectivity index (χ1) is 9.97. The molecular formula is C13H21N3O5. The Kier molecular flexibility index (Phi) is 5.00. The number of hydrogen-bond donors (Lipinski definition) is 3. The number of amides is 3. The molecule has 0 radical (unpaired) electrons. The topological polar surface area (TPSA) is 122 Å². The Balaban J connectivity index is 1.74. The van der Waals surface area contributed by atoms with E-state index in [0.717, 1.165) is 12.8 Å². The van der Waals surface area contributed by atoms with E-state index in [1.807, 2.05) is 0 Å². The zero-order valence-corrected chi connectivity index (χ0v) is 11.8. The first-order valence-electron chi connectivity index (χ1n) is 7.17. The molecule has 2 rings (SSSR count). The van der Waals surface area contributed by atoms with Crippen molar-refractivity contribution in [3.63, 3.8) is 0 Å². The molecule has 8 heteroatoms. The van der Waals surface area contributed by atoms with Crippen LogP contribution in [0.4, 0.5) is 4.79 Å². The molecule has 2 fully saturated rings. The second kappa shape index (κ2) is 6.75. The quantitative estimate of drug-likeness (QED) is 0.647. The van der Waals surface area contributed by atoms with Crippen LogP contribution in [0.15, 0.2) is 0 Å². The fourth-order valence-corrected chi connectivity index (χ4v) is 2.79. The molecular weight excluding hydrogens is 278 g/mol. The summed E-state index contributed by atoms with van der Waals surface area (Å²) in [6.45, 7) is 1.23. The van der Waals surface area contributed by atoms with Gasteiger partial charge in [-0.05, 0) is 25.7 Å². The molecule has 8 nitrogen and oxygen atoms in total. The van der Waals surface area contributed by atoms with E-state index >= 15 is 0 Å². The second-order valence-corrected chi connectivity index (χ2v) is 5.53. The van der Waals surface area contributed by atoms with Crippen LogP contribution in [0.1, 0.15) is 25.7 Å². The van der Waals surface area contributed by atoms with Gasteiger partial charge in [0.05, 0.1) is 12.0 Å². The van der Waals surface area contributed by atoms with E-state index in [9.17, 15) is 14.4 Å². The average Bonchev–Trinajstić information content (AvgIpc) is 2.94. The van der Waals surface area contributed by atoms with Gasteiger partial charge in [0.2, 0.25) is 5.91 Å². The van der Waals surface area contributed by atoms with Crippen LogP contribution in [-0.2, 0) is 14.3 Å². The van der Waals surface area contributed by atoms with Crippen LogP contribution in [0.2, 0.25) is 0 Å². The number of carboxylic acids is 1. The minimum absolute atomic E-state index is 0.136. The van der Waals surface area contributed by atoms with Crippen molar-refractivity contribution in [2.75, 3.05) is 19.6 Å². The molecule has 3 unspecified atom stereocenters. The number of carbonyl (C=O) groups is 3. The van der Waals surface area contributed by atoms with Crippen LogP contribution in [0.3, 0.4) is 0 Å². The Morgan fingerprint density at radius 3 is 2.67 bits per heavy atom. The third-order valence-electron chi connectivity index (χ3n) is 3.99. The molecule has 0 spiro atoms. The van der Waals surface area contributed by atoms with Gasteiger partial charge in [0.1, 0.15) is 0 Å². The number of carboxylic acid groups (broad SMARTS) is 1. The van der Waals surface area contributed by atoms with Gasteiger partial charge in [-0.3, -0.25) is 4.79 Å². The molecule has 2 aliphatic heterocycles. The van der Waals surface area contributed by atoms with Gasteiger partial charge in [-0.15, -0.1) is 0 Å². The Morgan fingerprint density at radius 2 is 2.05 bits per heavy atom. The molecule has 0 bridgehead atoms. The Labute approximate surface area is 122 Å². The normalized spacial score (nSPS) is 29.1. The highest BCUT2D eigenvalue weighted by Crippen LogP contribution is 2.20. The molecule has 4 N–H and O–H groups in total. The molecule has 0 aliphatic carbocycles. The Bertz CT molecular complexity index is 428. The first-order valence-corrected chi connectivity index (χ1v) is 7.17. The van der Waals surface area contributed by atoms with E-state index in [1.54, 1.807) is 0 Å². The van der Waals surface area contributed by atoms with E-state index in [1.165, 1.54) is 4.90 Å². The largest absolute Gasteiger partial charge is 0.479 e. The summed E-state index contributed by atoms with van der Waals surface area (Å²) in [5, 5.41) is 11.6. The summed E-state index contributed by atoms with van der Waals surface area (Å²) in [6, 6.07) is -0.504. The molecule has 2 aliphatic rings. The summed E-state index contributed by atoms with van der Waals surface area (Å²) in [6.07, 6.45) is 1.53. The van der Waals surface area contributed by atoms with Gasteiger partial charge < -0.3 is 25.8 Å². The SMILES string of the molecule is NC(=O)N1CCCC(C(=O)NCC2CCC(C(=O)O)O2)C1. The molecule has 21 heavy (non-hydrogen) atoms. The lowest BCUT2D eigenvalue weighted by Gasteiger charge is -2.30. The van der Waals surface area contributed by atoms with E-state index < -0.39 is 18.1 Å². The predicted molar refractivity (Wildman–Crippen MR) is 72.4 cm³/mol. The summed E-state index contributed by atoms with van der Waals surface area (Å²) in [5.41, 5.74) is 5.23. The third-order valence-corrected chi connectivity index (χ3v) is 3.99. The van der Waals surface area contributed by atoms with Gasteiger partial charge in [-0.2, -0.15) is 0 Å². The van der Waals surface area contributed by atoms with Crippen LogP contribution in [0.25, 0.3) is 0 Å². The number of aliphatic carboxylic acids is 1. The molecule has 0 saturated carbocycles. The summed E-state index contributed by atoms with van der Waals surface area (Å²) in [4.78, 5) is 35.5. The number of nitrogens with one attached hydrogen (secondary N) is 1. The lowest BCUT2D eigenvalue weighted by atomic mass is 9.97. The lowest BCUT2D eigenvalue weighted by molar-refractivity contribution is -0.149. The molecule has 0 aromatic carbocycles. The fourth-order valence-electron chi connectivity index (χ4n) is 2.79. The van der Waals surface area contributed by atoms with Crippen molar-refractivity contribution in [2.24, 2.45) is 11.7 Å². The van der Waals surface area contributed by atoms with Crippen molar-refractivity contribution in [2.45, 2.75) is 37.9 Å². The van der Waals surface area contributed by atoms with Crippen molar-refractivity contribution >= 4 is 17.9 Å². The fraction of sp³-hybridized carbons (Fsp3) is 0.769. The molecule has 3 atom stereocenters. The van der Waals surface area contributed by atoms with Gasteiger partial charge in [0.15, 0.2) is 6.10 Å². The predicted octanol–water partition coefficient (Wildman–Crippen LogP) is -0.474. The van der Waals surface area contributed by atoms with Crippen LogP contribution < -0.4 is 11.1 Å². The number of nitrogens with zero attached hydrogens (tertiary/aromatic N) is 1. The van der Waals surface area contributed by atoms with Gasteiger partial charge in [-0.1, -0.05) is 0 Å². The highest BCUT2D eigenvalue weighted by atomic mass is 16.5. The highest BCUT2D eigenvalue weighted by molar-refractivity contribution is 5.80. The maximum atomic E-state index is 12.1. The number of nitrogens with two attached hydrogens (primary N) is 1. The van der Waals surface area contributed by atoms with Crippen molar-refractivity contribution in [3.05, 3.63) is 0 Å². The Morgan fingerprint density at radius 1 is 1.29 bits per heavy atom. The van der Waals surface area contributed by atoms with Crippen LogP contribution in [-0.4, -0.2) is 59.8 Å². The third kappa shape index (κ3) is 4.07. The summed E-state index contributed by atoms with van der Waals surface area (Å²) in [5.74, 6) is -1.36. The van der Waals surface area contributed by atoms with E-state index in [0.29, 0.717) is 32.5 Å². The maximum Gasteiger partial charge on any atom is 0.332 e. The average molecular weight is 299 g/mol. The maximum absolute atomic E-state index is 12.1. The van der Waals surface area contributed by atoms with Gasteiger partial charge in [0, 0.05) is 19.6 Å². The molecule has 0 aromatic rings. The number of rotatable bonds is 4. The molecule has 0 aromatic heterocycles. The standard InChI is InChI=1S/C13H21N3O5/c14-13(20)16-5-1-2-8(7-16)11(17)15-6-9-3-4-10(21-9)12(18)19/h8-10H,1-7H2,(H2,14,20)(H,15,17)(H,18,19). The summed E-state index contributed by atoms with van der Waals surface area (Å²) >= 11 is 0. The number of likely N-dealkylation sites (tertiary alicyclic amines) is 1. The Hall–Kier alpha value is -1.83. The van der Waals surface area contributed by atoms with E-state index in [4.69, 9.17) is 15.6 Å². The summed E-state index contributed by atoms with van der Waals surface area (Å²) < 4.78 is 5.32. The van der Waals surface area contributed by atoms with Crippen LogP contribution >= 0.6 is 0 Å². The van der Waals surface area contributed by atoms with Crippen molar-refractivity contribution in [3.8, 4) is 0 Å². The lowest BCUT2D eigenvalue weighted by Crippen LogP contribution is -2.48. The van der Waals surface area contributed by atoms with E-state index in [2.05, 4.69) is 5.32 Å². The summed E-state index contributed by atoms with van der Waals surface area (Å²) in [7, 11) is 0. The molecule has 2 heterocycles. The minimum atomic E-state index is -0.965. The van der Waals surface area contributed by atoms with Crippen molar-refractivity contribution < 1.29 is 24.2 Å². The highest BCUT2D eigenvalue weighted by Gasteiger charge is 2.32. The smallest absolute Gasteiger partial charge is 0.332 e.